The first-order valence-corrected chi connectivity index (χ1v) is 13.9. The van der Waals surface area contributed by atoms with Gasteiger partial charge in [0.1, 0.15) is 12.6 Å². The summed E-state index contributed by atoms with van der Waals surface area (Å²) in [7, 11) is -3.85. The first kappa shape index (κ1) is 29.2. The van der Waals surface area contributed by atoms with E-state index < -0.39 is 28.5 Å². The Labute approximate surface area is 222 Å². The van der Waals surface area contributed by atoms with Gasteiger partial charge in [0, 0.05) is 33.7 Å². The number of benzene rings is 2. The van der Waals surface area contributed by atoms with Crippen molar-refractivity contribution in [3.05, 3.63) is 62.6 Å². The first-order valence-electron chi connectivity index (χ1n) is 11.0. The summed E-state index contributed by atoms with van der Waals surface area (Å²) in [4.78, 5) is 27.8. The van der Waals surface area contributed by atoms with Crippen molar-refractivity contribution < 1.29 is 18.0 Å². The van der Waals surface area contributed by atoms with Crippen LogP contribution in [-0.4, -0.2) is 50.5 Å². The van der Waals surface area contributed by atoms with E-state index in [1.807, 2.05) is 13.8 Å². The summed E-state index contributed by atoms with van der Waals surface area (Å²) in [6.45, 7) is 7.02. The van der Waals surface area contributed by atoms with Crippen molar-refractivity contribution in [3.63, 3.8) is 0 Å². The van der Waals surface area contributed by atoms with Gasteiger partial charge in [0.05, 0.1) is 11.9 Å². The highest BCUT2D eigenvalue weighted by Crippen LogP contribution is 2.28. The second kappa shape index (κ2) is 12.3. The zero-order valence-corrected chi connectivity index (χ0v) is 23.4. The molecular formula is C24H30Cl3N3O4S. The molecule has 2 aromatic rings. The van der Waals surface area contributed by atoms with Gasteiger partial charge in [0.15, 0.2) is 0 Å². The smallest absolute Gasteiger partial charge is 0.244 e. The molecule has 7 nitrogen and oxygen atoms in total. The van der Waals surface area contributed by atoms with Crippen LogP contribution in [0.1, 0.15) is 31.9 Å². The molecule has 2 amide bonds. The van der Waals surface area contributed by atoms with E-state index in [0.717, 1.165) is 10.6 Å². The predicted octanol–water partition coefficient (Wildman–Crippen LogP) is 4.91. The lowest BCUT2D eigenvalue weighted by Gasteiger charge is -2.32. The number of halogens is 3. The van der Waals surface area contributed by atoms with E-state index in [1.165, 1.54) is 4.90 Å². The van der Waals surface area contributed by atoms with Crippen LogP contribution in [-0.2, 0) is 26.2 Å². The van der Waals surface area contributed by atoms with Crippen LogP contribution in [0.2, 0.25) is 15.1 Å². The first-order chi connectivity index (χ1) is 16.2. The fourth-order valence-corrected chi connectivity index (χ4v) is 5.03. The van der Waals surface area contributed by atoms with Crippen LogP contribution in [0.3, 0.4) is 0 Å². The van der Waals surface area contributed by atoms with Gasteiger partial charge in [-0.25, -0.2) is 8.42 Å². The van der Waals surface area contributed by atoms with E-state index in [0.29, 0.717) is 38.4 Å². The zero-order valence-electron chi connectivity index (χ0n) is 20.3. The number of rotatable bonds is 10. The third kappa shape index (κ3) is 8.00. The van der Waals surface area contributed by atoms with Gasteiger partial charge in [-0.3, -0.25) is 13.9 Å². The molecule has 0 bridgehead atoms. The molecular weight excluding hydrogens is 533 g/mol. The Kier molecular flexibility index (Phi) is 10.3. The van der Waals surface area contributed by atoms with Crippen LogP contribution < -0.4 is 9.62 Å². The minimum atomic E-state index is -3.85. The largest absolute Gasteiger partial charge is 0.354 e. The number of nitrogens with zero attached hydrogens (tertiary/aromatic N) is 2. The number of hydrogen-bond donors (Lipinski definition) is 1. The van der Waals surface area contributed by atoms with Crippen molar-refractivity contribution in [2.24, 2.45) is 5.92 Å². The van der Waals surface area contributed by atoms with Gasteiger partial charge < -0.3 is 10.2 Å². The second-order valence-corrected chi connectivity index (χ2v) is 11.9. The van der Waals surface area contributed by atoms with Crippen molar-refractivity contribution >= 4 is 62.3 Å². The average Bonchev–Trinajstić information content (AvgIpc) is 2.74. The molecule has 0 saturated carbocycles. The molecule has 1 N–H and O–H groups in total. The highest BCUT2D eigenvalue weighted by Gasteiger charge is 2.31. The molecule has 1 unspecified atom stereocenters. The summed E-state index contributed by atoms with van der Waals surface area (Å²) in [6, 6.07) is 8.73. The Balaban J connectivity index is 2.46. The van der Waals surface area contributed by atoms with Gasteiger partial charge in [0.25, 0.3) is 0 Å². The summed E-state index contributed by atoms with van der Waals surface area (Å²) in [5.41, 5.74) is 1.36. The average molecular weight is 563 g/mol. The number of aryl methyl sites for hydroxylation is 1. The number of hydrogen-bond acceptors (Lipinski definition) is 4. The number of sulfonamides is 1. The molecule has 35 heavy (non-hydrogen) atoms. The van der Waals surface area contributed by atoms with E-state index in [9.17, 15) is 18.0 Å². The summed E-state index contributed by atoms with van der Waals surface area (Å²) < 4.78 is 26.4. The molecule has 1 atom stereocenters. The minimum Gasteiger partial charge on any atom is -0.354 e. The van der Waals surface area contributed by atoms with Crippen molar-refractivity contribution in [2.45, 2.75) is 40.3 Å². The van der Waals surface area contributed by atoms with Gasteiger partial charge in [-0.05, 0) is 55.7 Å². The van der Waals surface area contributed by atoms with Crippen molar-refractivity contribution in [3.8, 4) is 0 Å². The summed E-state index contributed by atoms with van der Waals surface area (Å²) in [5, 5.41) is 3.92. The molecule has 192 valence electrons. The maximum absolute atomic E-state index is 13.6. The summed E-state index contributed by atoms with van der Waals surface area (Å²) in [5.74, 6) is -0.751. The zero-order chi connectivity index (χ0) is 26.5. The SMILES string of the molecule is Cc1cc(Cl)ccc1N(CC(=O)N(Cc1c(Cl)cccc1Cl)C(C)C(=O)NCC(C)C)S(C)(=O)=O. The van der Waals surface area contributed by atoms with Crippen LogP contribution in [0, 0.1) is 12.8 Å². The number of amides is 2. The van der Waals surface area contributed by atoms with Crippen LogP contribution in [0.4, 0.5) is 5.69 Å². The number of carbonyl (C=O) groups is 2. The van der Waals surface area contributed by atoms with Gasteiger partial charge in [-0.2, -0.15) is 0 Å². The Bertz CT molecular complexity index is 1170. The normalized spacial score (nSPS) is 12.4. The van der Waals surface area contributed by atoms with Crippen molar-refractivity contribution in [1.82, 2.24) is 10.2 Å². The molecule has 0 aliphatic rings. The van der Waals surface area contributed by atoms with E-state index >= 15 is 0 Å². The maximum atomic E-state index is 13.6. The fraction of sp³-hybridized carbons (Fsp3) is 0.417. The molecule has 2 rings (SSSR count). The predicted molar refractivity (Wildman–Crippen MR) is 143 cm³/mol. The highest BCUT2D eigenvalue weighted by molar-refractivity contribution is 7.92. The second-order valence-electron chi connectivity index (χ2n) is 8.74. The third-order valence-corrected chi connectivity index (χ3v) is 7.42. The molecule has 0 aliphatic heterocycles. The van der Waals surface area contributed by atoms with Crippen molar-refractivity contribution in [2.75, 3.05) is 23.7 Å². The Morgan fingerprint density at radius 2 is 1.63 bits per heavy atom. The molecule has 0 spiro atoms. The number of nitrogens with one attached hydrogen (secondary N) is 1. The van der Waals surface area contributed by atoms with E-state index in [2.05, 4.69) is 5.32 Å². The van der Waals surface area contributed by atoms with E-state index in [-0.39, 0.29) is 18.4 Å². The molecule has 2 aromatic carbocycles. The van der Waals surface area contributed by atoms with E-state index in [4.69, 9.17) is 34.8 Å². The molecule has 0 aromatic heterocycles. The maximum Gasteiger partial charge on any atom is 0.244 e. The van der Waals surface area contributed by atoms with Gasteiger partial charge in [-0.15, -0.1) is 0 Å². The quantitative estimate of drug-likeness (QED) is 0.446. The van der Waals surface area contributed by atoms with Gasteiger partial charge in [-0.1, -0.05) is 54.7 Å². The Hall–Kier alpha value is -2.00. The van der Waals surface area contributed by atoms with Crippen LogP contribution in [0.5, 0.6) is 0 Å². The third-order valence-electron chi connectivity index (χ3n) is 5.35. The van der Waals surface area contributed by atoms with E-state index in [1.54, 1.807) is 50.2 Å². The summed E-state index contributed by atoms with van der Waals surface area (Å²) >= 11 is 18.7. The lowest BCUT2D eigenvalue weighted by molar-refractivity contribution is -0.139. The van der Waals surface area contributed by atoms with Crippen LogP contribution in [0.25, 0.3) is 0 Å². The molecule has 0 heterocycles. The lowest BCUT2D eigenvalue weighted by Crippen LogP contribution is -2.51. The van der Waals surface area contributed by atoms with Crippen LogP contribution >= 0.6 is 34.8 Å². The van der Waals surface area contributed by atoms with Crippen molar-refractivity contribution in [1.29, 1.82) is 0 Å². The monoisotopic (exact) mass is 561 g/mol. The molecule has 0 fully saturated rings. The summed E-state index contributed by atoms with van der Waals surface area (Å²) in [6.07, 6.45) is 1.02. The molecule has 0 aliphatic carbocycles. The minimum absolute atomic E-state index is 0.0786. The standard InChI is InChI=1S/C24H30Cl3N3O4S/c1-15(2)12-28-24(32)17(4)29(13-19-20(26)7-6-8-21(19)27)23(31)14-30(35(5,33)34)22-10-9-18(25)11-16(22)3/h6-11,15,17H,12-14H2,1-5H3,(H,28,32). The molecule has 0 saturated heterocycles. The lowest BCUT2D eigenvalue weighted by atomic mass is 10.1. The van der Waals surface area contributed by atoms with Crippen LogP contribution in [0.15, 0.2) is 36.4 Å². The van der Waals surface area contributed by atoms with Gasteiger partial charge in [0.2, 0.25) is 21.8 Å². The molecule has 0 radical (unpaired) electrons. The number of anilines is 1. The fourth-order valence-electron chi connectivity index (χ4n) is 3.38. The molecule has 11 heteroatoms. The Morgan fingerprint density at radius 3 is 2.14 bits per heavy atom. The topological polar surface area (TPSA) is 86.8 Å². The highest BCUT2D eigenvalue weighted by atomic mass is 35.5. The Morgan fingerprint density at radius 1 is 1.03 bits per heavy atom. The number of carbonyl (C=O) groups excluding carboxylic acids is 2. The van der Waals surface area contributed by atoms with Gasteiger partial charge >= 0.3 is 0 Å².